The molecule has 1 N–H and O–H groups in total. The Morgan fingerprint density at radius 3 is 2.65 bits per heavy atom. The minimum atomic E-state index is 0.477. The van der Waals surface area contributed by atoms with Crippen LogP contribution >= 0.6 is 11.3 Å². The van der Waals surface area contributed by atoms with Crippen molar-refractivity contribution in [2.24, 2.45) is 0 Å². The Morgan fingerprint density at radius 2 is 2.00 bits per heavy atom. The molecule has 0 aliphatic rings. The summed E-state index contributed by atoms with van der Waals surface area (Å²) in [5.41, 5.74) is 1.35. The summed E-state index contributed by atoms with van der Waals surface area (Å²) in [4.78, 5) is 0. The molecule has 0 spiro atoms. The van der Waals surface area contributed by atoms with Crippen molar-refractivity contribution in [2.45, 2.75) is 26.2 Å². The van der Waals surface area contributed by atoms with Crippen molar-refractivity contribution in [1.82, 2.24) is 10.2 Å². The van der Waals surface area contributed by atoms with Gasteiger partial charge in [-0.1, -0.05) is 55.5 Å². The Bertz CT molecular complexity index is 453. The lowest BCUT2D eigenvalue weighted by molar-refractivity contribution is 0.801. The second-order valence-corrected chi connectivity index (χ2v) is 5.11. The maximum Gasteiger partial charge on any atom is 0.205 e. The van der Waals surface area contributed by atoms with Gasteiger partial charge in [-0.25, -0.2) is 0 Å². The van der Waals surface area contributed by atoms with Crippen LogP contribution in [0, 0.1) is 0 Å². The van der Waals surface area contributed by atoms with E-state index in [-0.39, 0.29) is 0 Å². The van der Waals surface area contributed by atoms with Crippen molar-refractivity contribution in [3.63, 3.8) is 0 Å². The molecule has 0 fully saturated rings. The number of aromatic nitrogens is 2. The highest BCUT2D eigenvalue weighted by molar-refractivity contribution is 7.15. The van der Waals surface area contributed by atoms with Crippen LogP contribution in [-0.2, 0) is 6.42 Å². The van der Waals surface area contributed by atoms with Gasteiger partial charge in [-0.15, -0.1) is 10.2 Å². The number of benzene rings is 1. The number of nitrogens with one attached hydrogen (secondary N) is 1. The fraction of sp³-hybridized carbons (Fsp3) is 0.385. The molecule has 2 rings (SSSR count). The number of aryl methyl sites for hydroxylation is 1. The van der Waals surface area contributed by atoms with E-state index in [1.165, 1.54) is 5.56 Å². The highest BCUT2D eigenvalue weighted by Crippen LogP contribution is 2.19. The minimum Gasteiger partial charge on any atom is -0.359 e. The Morgan fingerprint density at radius 1 is 1.24 bits per heavy atom. The van der Waals surface area contributed by atoms with Crippen LogP contribution < -0.4 is 5.32 Å². The van der Waals surface area contributed by atoms with E-state index in [9.17, 15) is 0 Å². The summed E-state index contributed by atoms with van der Waals surface area (Å²) in [7, 11) is 0. The van der Waals surface area contributed by atoms with Crippen LogP contribution in [0.25, 0.3) is 0 Å². The number of nitrogens with zero attached hydrogens (tertiary/aromatic N) is 2. The number of rotatable bonds is 5. The zero-order valence-electron chi connectivity index (χ0n) is 10.2. The molecular weight excluding hydrogens is 230 g/mol. The van der Waals surface area contributed by atoms with Gasteiger partial charge < -0.3 is 5.32 Å². The lowest BCUT2D eigenvalue weighted by Gasteiger charge is -2.11. The van der Waals surface area contributed by atoms with Crippen LogP contribution in [0.15, 0.2) is 30.3 Å². The predicted molar refractivity (Wildman–Crippen MR) is 72.6 cm³/mol. The molecule has 0 saturated carbocycles. The van der Waals surface area contributed by atoms with Gasteiger partial charge in [0, 0.05) is 6.54 Å². The molecule has 1 unspecified atom stereocenters. The van der Waals surface area contributed by atoms with Gasteiger partial charge in [0.1, 0.15) is 5.01 Å². The van der Waals surface area contributed by atoms with Crippen LogP contribution in [0.5, 0.6) is 0 Å². The molecule has 1 atom stereocenters. The van der Waals surface area contributed by atoms with Gasteiger partial charge >= 0.3 is 0 Å². The number of hydrogen-bond acceptors (Lipinski definition) is 4. The third kappa shape index (κ3) is 3.27. The first-order chi connectivity index (χ1) is 8.29. The van der Waals surface area contributed by atoms with Gasteiger partial charge in [-0.2, -0.15) is 0 Å². The molecule has 2 aromatic rings. The van der Waals surface area contributed by atoms with Crippen molar-refractivity contribution in [3.05, 3.63) is 40.9 Å². The molecule has 0 aliphatic heterocycles. The van der Waals surface area contributed by atoms with Crippen LogP contribution in [0.4, 0.5) is 5.13 Å². The van der Waals surface area contributed by atoms with E-state index >= 15 is 0 Å². The van der Waals surface area contributed by atoms with Gasteiger partial charge in [-0.3, -0.25) is 0 Å². The largest absolute Gasteiger partial charge is 0.359 e. The van der Waals surface area contributed by atoms with Gasteiger partial charge in [0.05, 0.1) is 0 Å². The summed E-state index contributed by atoms with van der Waals surface area (Å²) in [5, 5.41) is 13.5. The van der Waals surface area contributed by atoms with Gasteiger partial charge in [0.15, 0.2) is 0 Å². The van der Waals surface area contributed by atoms with Crippen LogP contribution in [0.3, 0.4) is 0 Å². The molecule has 1 aromatic heterocycles. The van der Waals surface area contributed by atoms with Crippen LogP contribution in [0.2, 0.25) is 0 Å². The van der Waals surface area contributed by atoms with Crippen molar-refractivity contribution >= 4 is 16.5 Å². The molecule has 0 aliphatic carbocycles. The first-order valence-corrected chi connectivity index (χ1v) is 6.72. The van der Waals surface area contributed by atoms with E-state index in [0.717, 1.165) is 23.1 Å². The molecule has 1 aromatic carbocycles. The van der Waals surface area contributed by atoms with Gasteiger partial charge in [0.25, 0.3) is 0 Å². The molecule has 1 heterocycles. The first-order valence-electron chi connectivity index (χ1n) is 5.90. The van der Waals surface area contributed by atoms with E-state index < -0.39 is 0 Å². The zero-order chi connectivity index (χ0) is 12.1. The molecule has 17 heavy (non-hydrogen) atoms. The highest BCUT2D eigenvalue weighted by atomic mass is 32.1. The smallest absolute Gasteiger partial charge is 0.205 e. The van der Waals surface area contributed by atoms with Gasteiger partial charge in [-0.05, 0) is 17.9 Å². The van der Waals surface area contributed by atoms with E-state index in [1.807, 2.05) is 6.07 Å². The van der Waals surface area contributed by atoms with Crippen LogP contribution in [-0.4, -0.2) is 16.7 Å². The standard InChI is InChI=1S/C13H17N3S/c1-3-12-15-16-13(17-12)14-9-10(2)11-7-5-4-6-8-11/h4-8,10H,3,9H2,1-2H3,(H,14,16). The van der Waals surface area contributed by atoms with E-state index in [4.69, 9.17) is 0 Å². The lowest BCUT2D eigenvalue weighted by Crippen LogP contribution is -2.09. The normalized spacial score (nSPS) is 12.4. The third-order valence-corrected chi connectivity index (χ3v) is 3.72. The summed E-state index contributed by atoms with van der Waals surface area (Å²) in [6.45, 7) is 5.20. The average Bonchev–Trinajstić information content (AvgIpc) is 2.85. The summed E-state index contributed by atoms with van der Waals surface area (Å²) >= 11 is 1.64. The second kappa shape index (κ2) is 5.77. The Labute approximate surface area is 106 Å². The molecule has 3 nitrogen and oxygen atoms in total. The molecule has 90 valence electrons. The molecule has 0 bridgehead atoms. The fourth-order valence-electron chi connectivity index (χ4n) is 1.61. The summed E-state index contributed by atoms with van der Waals surface area (Å²) in [6, 6.07) is 10.5. The fourth-order valence-corrected chi connectivity index (χ4v) is 2.29. The Balaban J connectivity index is 1.90. The van der Waals surface area contributed by atoms with E-state index in [1.54, 1.807) is 11.3 Å². The maximum atomic E-state index is 4.11. The topological polar surface area (TPSA) is 37.8 Å². The number of anilines is 1. The summed E-state index contributed by atoms with van der Waals surface area (Å²) in [5.74, 6) is 0.477. The predicted octanol–water partition coefficient (Wildman–Crippen LogP) is 3.32. The SMILES string of the molecule is CCc1nnc(NCC(C)c2ccccc2)s1. The summed E-state index contributed by atoms with van der Waals surface area (Å²) < 4.78 is 0. The van der Waals surface area contributed by atoms with Gasteiger partial charge in [0.2, 0.25) is 5.13 Å². The minimum absolute atomic E-state index is 0.477. The Kier molecular flexibility index (Phi) is 4.09. The maximum absolute atomic E-state index is 4.11. The monoisotopic (exact) mass is 247 g/mol. The van der Waals surface area contributed by atoms with Crippen molar-refractivity contribution in [2.75, 3.05) is 11.9 Å². The molecule has 0 radical (unpaired) electrons. The summed E-state index contributed by atoms with van der Waals surface area (Å²) in [6.07, 6.45) is 0.952. The zero-order valence-corrected chi connectivity index (χ0v) is 11.0. The molecule has 0 amide bonds. The molecule has 4 heteroatoms. The Hall–Kier alpha value is -1.42. The van der Waals surface area contributed by atoms with E-state index in [0.29, 0.717) is 5.92 Å². The average molecular weight is 247 g/mol. The van der Waals surface area contributed by atoms with Crippen molar-refractivity contribution in [3.8, 4) is 0 Å². The lowest BCUT2D eigenvalue weighted by atomic mass is 10.0. The third-order valence-electron chi connectivity index (χ3n) is 2.70. The van der Waals surface area contributed by atoms with Crippen LogP contribution in [0.1, 0.15) is 30.3 Å². The quantitative estimate of drug-likeness (QED) is 0.880. The highest BCUT2D eigenvalue weighted by Gasteiger charge is 2.06. The number of hydrogen-bond donors (Lipinski definition) is 1. The van der Waals surface area contributed by atoms with Crippen molar-refractivity contribution in [1.29, 1.82) is 0 Å². The first kappa shape index (κ1) is 12.0. The second-order valence-electron chi connectivity index (χ2n) is 4.05. The van der Waals surface area contributed by atoms with Crippen molar-refractivity contribution < 1.29 is 0 Å². The molecular formula is C13H17N3S. The molecule has 0 saturated heterocycles. The van der Waals surface area contributed by atoms with E-state index in [2.05, 4.69) is 53.6 Å².